The fourth-order valence-corrected chi connectivity index (χ4v) is 5.86. The predicted molar refractivity (Wildman–Crippen MR) is 156 cm³/mol. The van der Waals surface area contributed by atoms with Crippen LogP contribution in [0.2, 0.25) is 0 Å². The van der Waals surface area contributed by atoms with Crippen molar-refractivity contribution in [2.75, 3.05) is 59.8 Å². The number of piperidine rings is 1. The molecule has 1 aliphatic heterocycles. The van der Waals surface area contributed by atoms with Gasteiger partial charge >= 0.3 is 0 Å². The molecule has 40 heavy (non-hydrogen) atoms. The number of rotatable bonds is 15. The van der Waals surface area contributed by atoms with Crippen LogP contribution in [-0.4, -0.2) is 81.5 Å². The van der Waals surface area contributed by atoms with E-state index in [9.17, 15) is 9.59 Å². The summed E-state index contributed by atoms with van der Waals surface area (Å²) in [7, 11) is 1.63. The Kier molecular flexibility index (Phi) is 12.1. The van der Waals surface area contributed by atoms with Crippen LogP contribution >= 0.6 is 11.3 Å². The Hall–Kier alpha value is -3.11. The minimum absolute atomic E-state index is 0.00106. The van der Waals surface area contributed by atoms with Gasteiger partial charge in [-0.3, -0.25) is 9.59 Å². The quantitative estimate of drug-likeness (QED) is 0.273. The standard InChI is InChI=1S/C31H39N3O5S/c1-37-18-19-38-20-21-39-22-29(35)34-16-13-26(14-17-34)31-33-28(23-40-31)30(36)32-15-12-27(24-8-4-2-5-9-24)25-10-6-3-7-11-25/h2-11,23,26-27H,12-22H2,1H3,(H,32,36). The van der Waals surface area contributed by atoms with E-state index in [1.54, 1.807) is 7.11 Å². The van der Waals surface area contributed by atoms with Gasteiger partial charge < -0.3 is 24.4 Å². The van der Waals surface area contributed by atoms with Crippen LogP contribution in [-0.2, 0) is 19.0 Å². The fourth-order valence-electron chi connectivity index (χ4n) is 4.89. The number of benzene rings is 2. The first kappa shape index (κ1) is 29.9. The molecule has 0 aliphatic carbocycles. The van der Waals surface area contributed by atoms with Crippen molar-refractivity contribution < 1.29 is 23.8 Å². The number of nitrogens with zero attached hydrogens (tertiary/aromatic N) is 2. The van der Waals surface area contributed by atoms with E-state index in [-0.39, 0.29) is 30.3 Å². The summed E-state index contributed by atoms with van der Waals surface area (Å²) in [5.41, 5.74) is 2.94. The maximum atomic E-state index is 12.9. The first-order valence-electron chi connectivity index (χ1n) is 13.9. The number of hydrogen-bond donors (Lipinski definition) is 1. The molecule has 4 rings (SSSR count). The zero-order chi connectivity index (χ0) is 28.0. The highest BCUT2D eigenvalue weighted by molar-refractivity contribution is 7.09. The van der Waals surface area contributed by atoms with Crippen LogP contribution in [0, 0.1) is 0 Å². The molecular formula is C31H39N3O5S. The van der Waals surface area contributed by atoms with Gasteiger partial charge in [0.05, 0.1) is 31.4 Å². The summed E-state index contributed by atoms with van der Waals surface area (Å²) < 4.78 is 15.7. The van der Waals surface area contributed by atoms with Gasteiger partial charge in [0.1, 0.15) is 12.3 Å². The second-order valence-corrected chi connectivity index (χ2v) is 10.7. The van der Waals surface area contributed by atoms with Crippen LogP contribution in [0.15, 0.2) is 66.0 Å². The maximum Gasteiger partial charge on any atom is 0.270 e. The molecule has 1 saturated heterocycles. The molecule has 1 fully saturated rings. The largest absolute Gasteiger partial charge is 0.382 e. The molecule has 9 heteroatoms. The molecular weight excluding hydrogens is 526 g/mol. The van der Waals surface area contributed by atoms with Gasteiger partial charge in [-0.15, -0.1) is 11.3 Å². The van der Waals surface area contributed by atoms with Crippen molar-refractivity contribution in [1.82, 2.24) is 15.2 Å². The Labute approximate surface area is 240 Å². The lowest BCUT2D eigenvalue weighted by molar-refractivity contribution is -0.137. The third kappa shape index (κ3) is 8.96. The molecule has 0 bridgehead atoms. The molecule has 8 nitrogen and oxygen atoms in total. The van der Waals surface area contributed by atoms with Crippen LogP contribution in [0.1, 0.15) is 57.7 Å². The summed E-state index contributed by atoms with van der Waals surface area (Å²) in [6.07, 6.45) is 2.46. The fraction of sp³-hybridized carbons (Fsp3) is 0.452. The van der Waals surface area contributed by atoms with Crippen molar-refractivity contribution in [3.8, 4) is 0 Å². The molecule has 1 aromatic heterocycles. The lowest BCUT2D eigenvalue weighted by Crippen LogP contribution is -2.40. The van der Waals surface area contributed by atoms with Gasteiger partial charge in [-0.05, 0) is 30.4 Å². The van der Waals surface area contributed by atoms with Gasteiger partial charge in [0.15, 0.2) is 0 Å². The van der Waals surface area contributed by atoms with Crippen LogP contribution in [0.25, 0.3) is 0 Å². The lowest BCUT2D eigenvalue weighted by atomic mass is 9.88. The molecule has 214 valence electrons. The van der Waals surface area contributed by atoms with Crippen LogP contribution in [0.4, 0.5) is 0 Å². The monoisotopic (exact) mass is 565 g/mol. The Morgan fingerprint density at radius 2 is 1.57 bits per heavy atom. The lowest BCUT2D eigenvalue weighted by Gasteiger charge is -2.31. The Bertz CT molecular complexity index is 1130. The van der Waals surface area contributed by atoms with Gasteiger partial charge in [-0.1, -0.05) is 60.7 Å². The minimum atomic E-state index is -0.140. The summed E-state index contributed by atoms with van der Waals surface area (Å²) >= 11 is 1.53. The number of aromatic nitrogens is 1. The summed E-state index contributed by atoms with van der Waals surface area (Å²) in [6, 6.07) is 20.8. The normalized spacial score (nSPS) is 14.0. The smallest absolute Gasteiger partial charge is 0.270 e. The van der Waals surface area contributed by atoms with Gasteiger partial charge in [0.2, 0.25) is 5.91 Å². The van der Waals surface area contributed by atoms with E-state index >= 15 is 0 Å². The third-order valence-corrected chi connectivity index (χ3v) is 8.11. The van der Waals surface area contributed by atoms with Crippen LogP contribution in [0.3, 0.4) is 0 Å². The summed E-state index contributed by atoms with van der Waals surface area (Å²) in [4.78, 5) is 31.9. The average molecular weight is 566 g/mol. The highest BCUT2D eigenvalue weighted by atomic mass is 32.1. The molecule has 0 atom stereocenters. The first-order valence-corrected chi connectivity index (χ1v) is 14.8. The van der Waals surface area contributed by atoms with E-state index < -0.39 is 0 Å². The summed E-state index contributed by atoms with van der Waals surface area (Å²) in [6.45, 7) is 3.84. The van der Waals surface area contributed by atoms with Crippen molar-refractivity contribution in [1.29, 1.82) is 0 Å². The maximum absolute atomic E-state index is 12.9. The van der Waals surface area contributed by atoms with E-state index in [1.165, 1.54) is 22.5 Å². The molecule has 2 amide bonds. The molecule has 0 radical (unpaired) electrons. The van der Waals surface area contributed by atoms with Crippen molar-refractivity contribution in [2.45, 2.75) is 31.1 Å². The van der Waals surface area contributed by atoms with Gasteiger partial charge in [0, 0.05) is 44.0 Å². The molecule has 2 aromatic carbocycles. The van der Waals surface area contributed by atoms with E-state index in [2.05, 4.69) is 58.8 Å². The second kappa shape index (κ2) is 16.2. The van der Waals surface area contributed by atoms with E-state index in [4.69, 9.17) is 14.2 Å². The number of amides is 2. The van der Waals surface area contributed by atoms with Gasteiger partial charge in [0.25, 0.3) is 5.91 Å². The number of methoxy groups -OCH3 is 1. The SMILES string of the molecule is COCCOCCOCC(=O)N1CCC(c2nc(C(=O)NCCC(c3ccccc3)c3ccccc3)cs2)CC1. The number of ether oxygens (including phenoxy) is 3. The zero-order valence-electron chi connectivity index (χ0n) is 23.1. The van der Waals surface area contributed by atoms with E-state index in [0.717, 1.165) is 24.3 Å². The Morgan fingerprint density at radius 3 is 2.23 bits per heavy atom. The van der Waals surface area contributed by atoms with Crippen molar-refractivity contribution in [3.63, 3.8) is 0 Å². The van der Waals surface area contributed by atoms with Crippen LogP contribution < -0.4 is 5.32 Å². The highest BCUT2D eigenvalue weighted by Crippen LogP contribution is 2.31. The average Bonchev–Trinajstić information content (AvgIpc) is 3.50. The van der Waals surface area contributed by atoms with Gasteiger partial charge in [-0.25, -0.2) is 4.98 Å². The summed E-state index contributed by atoms with van der Waals surface area (Å²) in [5.74, 6) is 0.324. The number of thiazole rings is 1. The van der Waals surface area contributed by atoms with Gasteiger partial charge in [-0.2, -0.15) is 0 Å². The number of likely N-dealkylation sites (tertiary alicyclic amines) is 1. The zero-order valence-corrected chi connectivity index (χ0v) is 23.9. The highest BCUT2D eigenvalue weighted by Gasteiger charge is 2.26. The molecule has 3 aromatic rings. The molecule has 1 aliphatic rings. The topological polar surface area (TPSA) is 90.0 Å². The third-order valence-electron chi connectivity index (χ3n) is 7.10. The number of nitrogens with one attached hydrogen (secondary N) is 1. The van der Waals surface area contributed by atoms with Crippen molar-refractivity contribution in [3.05, 3.63) is 87.9 Å². The predicted octanol–water partition coefficient (Wildman–Crippen LogP) is 4.48. The Balaban J connectivity index is 1.19. The molecule has 2 heterocycles. The minimum Gasteiger partial charge on any atom is -0.382 e. The van der Waals surface area contributed by atoms with Crippen LogP contribution in [0.5, 0.6) is 0 Å². The number of carbonyl (C=O) groups is 2. The molecule has 0 spiro atoms. The molecule has 0 saturated carbocycles. The summed E-state index contributed by atoms with van der Waals surface area (Å²) in [5, 5.41) is 5.88. The second-order valence-electron chi connectivity index (χ2n) is 9.80. The van der Waals surface area contributed by atoms with Crippen molar-refractivity contribution >= 4 is 23.2 Å². The van der Waals surface area contributed by atoms with E-state index in [0.29, 0.717) is 51.8 Å². The Morgan fingerprint density at radius 1 is 0.950 bits per heavy atom. The molecule has 0 unspecified atom stereocenters. The number of carbonyl (C=O) groups excluding carboxylic acids is 2. The first-order chi connectivity index (χ1) is 19.7. The van der Waals surface area contributed by atoms with Crippen molar-refractivity contribution in [2.24, 2.45) is 0 Å². The number of hydrogen-bond acceptors (Lipinski definition) is 7. The van der Waals surface area contributed by atoms with E-state index in [1.807, 2.05) is 22.4 Å². The molecule has 1 N–H and O–H groups in total.